The van der Waals surface area contributed by atoms with Crippen LogP contribution in [0.3, 0.4) is 0 Å². The number of hydrogen-bond acceptors (Lipinski definition) is 3. The maximum atomic E-state index is 11.5. The van der Waals surface area contributed by atoms with Crippen molar-refractivity contribution in [2.75, 3.05) is 13.1 Å². The lowest BCUT2D eigenvalue weighted by Crippen LogP contribution is -2.38. The lowest BCUT2D eigenvalue weighted by Gasteiger charge is -2.15. The highest BCUT2D eigenvalue weighted by Gasteiger charge is 2.13. The molecule has 0 aliphatic heterocycles. The molecule has 0 aliphatic carbocycles. The summed E-state index contributed by atoms with van der Waals surface area (Å²) in [7, 11) is 0. The van der Waals surface area contributed by atoms with Gasteiger partial charge in [-0.3, -0.25) is 4.79 Å². The molecular weight excluding hydrogens is 240 g/mol. The zero-order valence-corrected chi connectivity index (χ0v) is 10.8. The van der Waals surface area contributed by atoms with Gasteiger partial charge < -0.3 is 15.8 Å². The van der Waals surface area contributed by atoms with E-state index in [4.69, 9.17) is 22.1 Å². The number of ether oxygens (including phenoxy) is 1. The molecule has 1 atom stereocenters. The second-order valence-electron chi connectivity index (χ2n) is 3.75. The molecule has 5 heteroatoms. The van der Waals surface area contributed by atoms with Crippen LogP contribution in [-0.2, 0) is 4.79 Å². The van der Waals surface area contributed by atoms with Crippen LogP contribution in [0.5, 0.6) is 5.75 Å². The van der Waals surface area contributed by atoms with Crippen molar-refractivity contribution in [3.8, 4) is 5.75 Å². The number of rotatable bonds is 5. The van der Waals surface area contributed by atoms with Crippen LogP contribution in [0.4, 0.5) is 0 Å². The molecule has 94 valence electrons. The van der Waals surface area contributed by atoms with Crippen molar-refractivity contribution >= 4 is 17.5 Å². The molecule has 1 aromatic carbocycles. The molecule has 1 amide bonds. The first kappa shape index (κ1) is 13.8. The van der Waals surface area contributed by atoms with Gasteiger partial charge in [-0.15, -0.1) is 0 Å². The molecule has 17 heavy (non-hydrogen) atoms. The van der Waals surface area contributed by atoms with Crippen LogP contribution in [0.15, 0.2) is 18.2 Å². The third-order valence-corrected chi connectivity index (χ3v) is 2.68. The molecule has 0 radical (unpaired) electrons. The minimum atomic E-state index is -0.554. The second kappa shape index (κ2) is 6.47. The van der Waals surface area contributed by atoms with E-state index in [1.54, 1.807) is 25.1 Å². The Bertz CT molecular complexity index is 396. The fourth-order valence-electron chi connectivity index (χ4n) is 1.29. The summed E-state index contributed by atoms with van der Waals surface area (Å²) < 4.78 is 5.50. The highest BCUT2D eigenvalue weighted by Crippen LogP contribution is 2.21. The third kappa shape index (κ3) is 4.24. The SMILES string of the molecule is Cc1cc(OC(C)C(=O)NCCN)ccc1Cl. The maximum absolute atomic E-state index is 11.5. The van der Waals surface area contributed by atoms with Crippen molar-refractivity contribution in [2.45, 2.75) is 20.0 Å². The standard InChI is InChI=1S/C12H17ClN2O2/c1-8-7-10(3-4-11(8)13)17-9(2)12(16)15-6-5-14/h3-4,7,9H,5-6,14H2,1-2H3,(H,15,16). The number of aryl methyl sites for hydroxylation is 1. The molecule has 0 heterocycles. The Kier molecular flexibility index (Phi) is 5.25. The first-order valence-electron chi connectivity index (χ1n) is 5.45. The monoisotopic (exact) mass is 256 g/mol. The van der Waals surface area contributed by atoms with E-state index in [0.717, 1.165) is 5.56 Å². The number of benzene rings is 1. The van der Waals surface area contributed by atoms with Crippen LogP contribution in [-0.4, -0.2) is 25.1 Å². The predicted octanol–water partition coefficient (Wildman–Crippen LogP) is 1.49. The minimum Gasteiger partial charge on any atom is -0.481 e. The van der Waals surface area contributed by atoms with Crippen LogP contribution in [0.1, 0.15) is 12.5 Å². The van der Waals surface area contributed by atoms with Gasteiger partial charge in [-0.2, -0.15) is 0 Å². The minimum absolute atomic E-state index is 0.178. The number of amides is 1. The van der Waals surface area contributed by atoms with Crippen molar-refractivity contribution in [1.82, 2.24) is 5.32 Å². The lowest BCUT2D eigenvalue weighted by molar-refractivity contribution is -0.127. The first-order valence-corrected chi connectivity index (χ1v) is 5.83. The first-order chi connectivity index (χ1) is 8.04. The van der Waals surface area contributed by atoms with E-state index < -0.39 is 6.10 Å². The maximum Gasteiger partial charge on any atom is 0.260 e. The molecule has 0 aromatic heterocycles. The van der Waals surface area contributed by atoms with Gasteiger partial charge in [0.15, 0.2) is 6.10 Å². The van der Waals surface area contributed by atoms with Crippen LogP contribution in [0.2, 0.25) is 5.02 Å². The molecule has 4 nitrogen and oxygen atoms in total. The molecule has 0 saturated heterocycles. The van der Waals surface area contributed by atoms with Gasteiger partial charge >= 0.3 is 0 Å². The van der Waals surface area contributed by atoms with E-state index in [2.05, 4.69) is 5.32 Å². The number of hydrogen-bond donors (Lipinski definition) is 2. The van der Waals surface area contributed by atoms with E-state index in [9.17, 15) is 4.79 Å². The summed E-state index contributed by atoms with van der Waals surface area (Å²) in [5.41, 5.74) is 6.21. The van der Waals surface area contributed by atoms with Gasteiger partial charge in [0.2, 0.25) is 0 Å². The van der Waals surface area contributed by atoms with Crippen LogP contribution >= 0.6 is 11.6 Å². The van der Waals surface area contributed by atoms with E-state index in [1.165, 1.54) is 0 Å². The molecule has 3 N–H and O–H groups in total. The summed E-state index contributed by atoms with van der Waals surface area (Å²) in [5, 5.41) is 3.34. The summed E-state index contributed by atoms with van der Waals surface area (Å²) in [6.07, 6.45) is -0.554. The number of nitrogens with two attached hydrogens (primary N) is 1. The largest absolute Gasteiger partial charge is 0.481 e. The zero-order chi connectivity index (χ0) is 12.8. The van der Waals surface area contributed by atoms with Crippen LogP contribution < -0.4 is 15.8 Å². The van der Waals surface area contributed by atoms with Crippen molar-refractivity contribution in [3.05, 3.63) is 28.8 Å². The summed E-state index contributed by atoms with van der Waals surface area (Å²) in [6.45, 7) is 4.44. The number of carbonyl (C=O) groups is 1. The van der Waals surface area contributed by atoms with Crippen LogP contribution in [0.25, 0.3) is 0 Å². The quantitative estimate of drug-likeness (QED) is 0.839. The summed E-state index contributed by atoms with van der Waals surface area (Å²) in [4.78, 5) is 11.5. The van der Waals surface area contributed by atoms with Gasteiger partial charge in [-0.05, 0) is 37.6 Å². The second-order valence-corrected chi connectivity index (χ2v) is 4.16. The smallest absolute Gasteiger partial charge is 0.260 e. The highest BCUT2D eigenvalue weighted by molar-refractivity contribution is 6.31. The lowest BCUT2D eigenvalue weighted by atomic mass is 10.2. The molecule has 0 fully saturated rings. The average molecular weight is 257 g/mol. The molecule has 1 rings (SSSR count). The Morgan fingerprint density at radius 1 is 1.59 bits per heavy atom. The molecule has 0 spiro atoms. The van der Waals surface area contributed by atoms with Crippen molar-refractivity contribution in [2.24, 2.45) is 5.73 Å². The van der Waals surface area contributed by atoms with E-state index in [-0.39, 0.29) is 5.91 Å². The zero-order valence-electron chi connectivity index (χ0n) is 10.00. The molecule has 0 aliphatic rings. The van der Waals surface area contributed by atoms with Gasteiger partial charge in [-0.1, -0.05) is 11.6 Å². The molecular formula is C12H17ClN2O2. The van der Waals surface area contributed by atoms with Crippen molar-refractivity contribution in [3.63, 3.8) is 0 Å². The molecule has 1 aromatic rings. The molecule has 1 unspecified atom stereocenters. The van der Waals surface area contributed by atoms with E-state index >= 15 is 0 Å². The Morgan fingerprint density at radius 3 is 2.88 bits per heavy atom. The highest BCUT2D eigenvalue weighted by atomic mass is 35.5. The van der Waals surface area contributed by atoms with Gasteiger partial charge in [0.1, 0.15) is 5.75 Å². The van der Waals surface area contributed by atoms with E-state index in [0.29, 0.717) is 23.9 Å². The van der Waals surface area contributed by atoms with Gasteiger partial charge in [0, 0.05) is 18.1 Å². The number of halogens is 1. The normalized spacial score (nSPS) is 12.0. The Morgan fingerprint density at radius 2 is 2.29 bits per heavy atom. The fourth-order valence-corrected chi connectivity index (χ4v) is 1.40. The molecule has 0 saturated carbocycles. The number of nitrogens with one attached hydrogen (secondary N) is 1. The average Bonchev–Trinajstić information content (AvgIpc) is 2.30. The Hall–Kier alpha value is -1.26. The van der Waals surface area contributed by atoms with Crippen molar-refractivity contribution in [1.29, 1.82) is 0 Å². The summed E-state index contributed by atoms with van der Waals surface area (Å²) >= 11 is 5.90. The summed E-state index contributed by atoms with van der Waals surface area (Å²) in [5.74, 6) is 0.449. The van der Waals surface area contributed by atoms with Gasteiger partial charge in [0.05, 0.1) is 0 Å². The molecule has 0 bridgehead atoms. The topological polar surface area (TPSA) is 64.3 Å². The third-order valence-electron chi connectivity index (χ3n) is 2.26. The van der Waals surface area contributed by atoms with Crippen molar-refractivity contribution < 1.29 is 9.53 Å². The van der Waals surface area contributed by atoms with E-state index in [1.807, 2.05) is 6.92 Å². The summed E-state index contributed by atoms with van der Waals surface area (Å²) in [6, 6.07) is 5.29. The Balaban J connectivity index is 2.58. The number of carbonyl (C=O) groups excluding carboxylic acids is 1. The van der Waals surface area contributed by atoms with Gasteiger partial charge in [-0.25, -0.2) is 0 Å². The Labute approximate surface area is 106 Å². The van der Waals surface area contributed by atoms with Crippen LogP contribution in [0, 0.1) is 6.92 Å². The van der Waals surface area contributed by atoms with Gasteiger partial charge in [0.25, 0.3) is 5.91 Å². The fraction of sp³-hybridized carbons (Fsp3) is 0.417. The predicted molar refractivity (Wildman–Crippen MR) is 68.3 cm³/mol.